The molecule has 0 saturated heterocycles. The fraction of sp³-hybridized carbons (Fsp3) is 0.435. The number of fused-ring (bicyclic) bond motifs is 1. The topological polar surface area (TPSA) is 24.4 Å². The van der Waals surface area contributed by atoms with Gasteiger partial charge in [-0.05, 0) is 49.4 Å². The maximum absolute atomic E-state index is 6.31. The first-order chi connectivity index (χ1) is 13.1. The molecule has 0 radical (unpaired) electrons. The van der Waals surface area contributed by atoms with Crippen LogP contribution >= 0.6 is 23.2 Å². The van der Waals surface area contributed by atoms with Crippen molar-refractivity contribution >= 4 is 34.7 Å². The Kier molecular flexibility index (Phi) is 5.48. The van der Waals surface area contributed by atoms with Crippen molar-refractivity contribution < 1.29 is 0 Å². The minimum absolute atomic E-state index is 0.102. The van der Waals surface area contributed by atoms with E-state index in [-0.39, 0.29) is 5.41 Å². The lowest BCUT2D eigenvalue weighted by atomic mass is 9.72. The number of aliphatic imine (C=N–C) groups is 1. The van der Waals surface area contributed by atoms with E-state index < -0.39 is 0 Å². The second-order valence-corrected chi connectivity index (χ2v) is 8.89. The molecule has 1 spiro atoms. The van der Waals surface area contributed by atoms with Crippen molar-refractivity contribution in [3.05, 3.63) is 63.1 Å². The van der Waals surface area contributed by atoms with E-state index in [4.69, 9.17) is 28.2 Å². The minimum atomic E-state index is 0.102. The fourth-order valence-corrected chi connectivity index (χ4v) is 4.92. The van der Waals surface area contributed by atoms with Crippen molar-refractivity contribution in [2.45, 2.75) is 58.4 Å². The molecule has 4 heteroatoms. The number of anilines is 1. The normalized spacial score (nSPS) is 20.2. The lowest BCUT2D eigenvalue weighted by Gasteiger charge is -2.40. The van der Waals surface area contributed by atoms with Crippen molar-refractivity contribution in [3.63, 3.8) is 0 Å². The molecule has 0 unspecified atom stereocenters. The summed E-state index contributed by atoms with van der Waals surface area (Å²) in [6.07, 6.45) is 8.55. The largest absolute Gasteiger partial charge is 0.343 e. The van der Waals surface area contributed by atoms with Gasteiger partial charge in [0.25, 0.3) is 0 Å². The number of rotatable bonds is 2. The summed E-state index contributed by atoms with van der Waals surface area (Å²) in [4.78, 5) is 5.09. The number of hydrogen-bond donors (Lipinski definition) is 1. The molecule has 2 aliphatic rings. The van der Waals surface area contributed by atoms with Crippen LogP contribution in [0.5, 0.6) is 0 Å². The highest BCUT2D eigenvalue weighted by molar-refractivity contribution is 6.42. The maximum atomic E-state index is 6.31. The average molecular weight is 401 g/mol. The van der Waals surface area contributed by atoms with Gasteiger partial charge in [-0.3, -0.25) is 4.99 Å². The molecule has 1 heterocycles. The second-order valence-electron chi connectivity index (χ2n) is 8.07. The molecule has 0 aromatic heterocycles. The van der Waals surface area contributed by atoms with Crippen LogP contribution in [0.15, 0.2) is 41.4 Å². The van der Waals surface area contributed by atoms with E-state index in [1.807, 2.05) is 12.1 Å². The first-order valence-electron chi connectivity index (χ1n) is 9.91. The molecule has 27 heavy (non-hydrogen) atoms. The number of amidine groups is 1. The van der Waals surface area contributed by atoms with Gasteiger partial charge in [0, 0.05) is 11.1 Å². The predicted octanol–water partition coefficient (Wildman–Crippen LogP) is 7.21. The van der Waals surface area contributed by atoms with E-state index in [1.54, 1.807) is 0 Å². The van der Waals surface area contributed by atoms with Gasteiger partial charge in [0.05, 0.1) is 16.6 Å². The zero-order valence-electron chi connectivity index (χ0n) is 15.8. The molecule has 4 rings (SSSR count). The minimum Gasteiger partial charge on any atom is -0.343 e. The van der Waals surface area contributed by atoms with Gasteiger partial charge in [0.1, 0.15) is 5.84 Å². The summed E-state index contributed by atoms with van der Waals surface area (Å²) in [7, 11) is 0. The average Bonchev–Trinajstić information content (AvgIpc) is 2.88. The quantitative estimate of drug-likeness (QED) is 0.565. The molecule has 1 aliphatic carbocycles. The van der Waals surface area contributed by atoms with E-state index in [2.05, 4.69) is 36.5 Å². The Morgan fingerprint density at radius 3 is 2.48 bits per heavy atom. The standard InChI is InChI=1S/C23H26Cl2N2/c1-16-7-6-8-17(11-16)15-26-22-23(9-4-2-3-5-10-23)14-18-12-19(24)20(25)13-21(18)27-22/h6-8,11-13H,2-5,9-10,14-15H2,1H3,(H,26,27). The first-order valence-corrected chi connectivity index (χ1v) is 10.7. The summed E-state index contributed by atoms with van der Waals surface area (Å²) in [6.45, 7) is 2.84. The third-order valence-electron chi connectivity index (χ3n) is 5.99. The molecule has 0 amide bonds. The Morgan fingerprint density at radius 2 is 1.74 bits per heavy atom. The Morgan fingerprint density at radius 1 is 1.00 bits per heavy atom. The van der Waals surface area contributed by atoms with Gasteiger partial charge in [-0.25, -0.2) is 0 Å². The predicted molar refractivity (Wildman–Crippen MR) is 116 cm³/mol. The van der Waals surface area contributed by atoms with Gasteiger partial charge in [-0.1, -0.05) is 78.7 Å². The molecule has 1 aliphatic heterocycles. The van der Waals surface area contributed by atoms with Crippen molar-refractivity contribution in [2.24, 2.45) is 10.4 Å². The molecule has 2 aromatic carbocycles. The third kappa shape index (κ3) is 4.02. The zero-order valence-corrected chi connectivity index (χ0v) is 17.3. The van der Waals surface area contributed by atoms with Crippen LogP contribution < -0.4 is 5.32 Å². The first kappa shape index (κ1) is 18.8. The summed E-state index contributed by atoms with van der Waals surface area (Å²) in [5.41, 5.74) is 4.96. The highest BCUT2D eigenvalue weighted by atomic mass is 35.5. The fourth-order valence-electron chi connectivity index (χ4n) is 4.57. The zero-order chi connectivity index (χ0) is 18.9. The third-order valence-corrected chi connectivity index (χ3v) is 6.72. The van der Waals surface area contributed by atoms with Crippen LogP contribution in [0.1, 0.15) is 55.2 Å². The maximum Gasteiger partial charge on any atom is 0.108 e. The molecule has 2 nitrogen and oxygen atoms in total. The van der Waals surface area contributed by atoms with Crippen molar-refractivity contribution in [2.75, 3.05) is 5.32 Å². The van der Waals surface area contributed by atoms with Crippen LogP contribution in [-0.4, -0.2) is 5.84 Å². The van der Waals surface area contributed by atoms with E-state index >= 15 is 0 Å². The Bertz CT molecular complexity index is 865. The molecule has 2 aromatic rings. The van der Waals surface area contributed by atoms with Crippen LogP contribution in [0.25, 0.3) is 0 Å². The number of benzene rings is 2. The monoisotopic (exact) mass is 400 g/mol. The summed E-state index contributed by atoms with van der Waals surface area (Å²) in [5, 5.41) is 4.88. The second kappa shape index (κ2) is 7.85. The van der Waals surface area contributed by atoms with E-state index in [0.717, 1.165) is 17.9 Å². The van der Waals surface area contributed by atoms with Gasteiger partial charge < -0.3 is 5.32 Å². The Balaban J connectivity index is 1.71. The van der Waals surface area contributed by atoms with Gasteiger partial charge in [0.15, 0.2) is 0 Å². The molecule has 1 saturated carbocycles. The van der Waals surface area contributed by atoms with Crippen LogP contribution in [0.3, 0.4) is 0 Å². The van der Waals surface area contributed by atoms with Crippen LogP contribution in [0.4, 0.5) is 5.69 Å². The highest BCUT2D eigenvalue weighted by Crippen LogP contribution is 2.45. The molecule has 0 bridgehead atoms. The van der Waals surface area contributed by atoms with Crippen molar-refractivity contribution in [1.29, 1.82) is 0 Å². The van der Waals surface area contributed by atoms with E-state index in [0.29, 0.717) is 16.6 Å². The van der Waals surface area contributed by atoms with Gasteiger partial charge >= 0.3 is 0 Å². The number of halogens is 2. The van der Waals surface area contributed by atoms with Crippen molar-refractivity contribution in [3.8, 4) is 0 Å². The van der Waals surface area contributed by atoms with Crippen LogP contribution in [-0.2, 0) is 13.0 Å². The summed E-state index contributed by atoms with van der Waals surface area (Å²) < 4.78 is 0. The number of nitrogens with one attached hydrogen (secondary N) is 1. The number of nitrogens with zero attached hydrogens (tertiary/aromatic N) is 1. The molecular formula is C23H26Cl2N2. The van der Waals surface area contributed by atoms with E-state index in [9.17, 15) is 0 Å². The Hall–Kier alpha value is -1.51. The SMILES string of the molecule is Cc1cccc(CN=C2Nc3cc(Cl)c(Cl)cc3CC23CCCCCC3)c1. The van der Waals surface area contributed by atoms with Gasteiger partial charge in [0.2, 0.25) is 0 Å². The molecule has 142 valence electrons. The molecule has 1 fully saturated rings. The lowest BCUT2D eigenvalue weighted by Crippen LogP contribution is -2.42. The van der Waals surface area contributed by atoms with Crippen LogP contribution in [0.2, 0.25) is 10.0 Å². The van der Waals surface area contributed by atoms with Crippen molar-refractivity contribution in [1.82, 2.24) is 0 Å². The van der Waals surface area contributed by atoms with Gasteiger partial charge in [-0.15, -0.1) is 0 Å². The lowest BCUT2D eigenvalue weighted by molar-refractivity contribution is 0.354. The summed E-state index contributed by atoms with van der Waals surface area (Å²) in [5.74, 6) is 1.14. The van der Waals surface area contributed by atoms with Crippen LogP contribution in [0, 0.1) is 12.3 Å². The summed E-state index contributed by atoms with van der Waals surface area (Å²) >= 11 is 12.6. The Labute approximate surface area is 172 Å². The smallest absolute Gasteiger partial charge is 0.108 e. The highest BCUT2D eigenvalue weighted by Gasteiger charge is 2.40. The number of aryl methyl sites for hydroxylation is 1. The molecule has 0 atom stereocenters. The van der Waals surface area contributed by atoms with Gasteiger partial charge in [-0.2, -0.15) is 0 Å². The number of hydrogen-bond acceptors (Lipinski definition) is 1. The van der Waals surface area contributed by atoms with E-state index in [1.165, 1.54) is 55.2 Å². The summed E-state index contributed by atoms with van der Waals surface area (Å²) in [6, 6.07) is 12.6. The molecular weight excluding hydrogens is 375 g/mol. The molecule has 1 N–H and O–H groups in total.